The lowest BCUT2D eigenvalue weighted by molar-refractivity contribution is -0.132. The molecule has 2 aliphatic rings. The van der Waals surface area contributed by atoms with E-state index in [0.29, 0.717) is 29.6 Å². The number of likely N-dealkylation sites (tertiary alicyclic amines) is 1. The molecule has 0 radical (unpaired) electrons. The molecular formula is C22H27N3O4. The molecule has 1 aliphatic carbocycles. The lowest BCUT2D eigenvalue weighted by Gasteiger charge is -2.33. The Hall–Kier alpha value is -2.83. The molecule has 2 aromatic rings. The summed E-state index contributed by atoms with van der Waals surface area (Å²) in [6.45, 7) is 5.89. The number of carbonyl (C=O) groups excluding carboxylic acids is 2. The molecule has 4 rings (SSSR count). The van der Waals surface area contributed by atoms with E-state index in [0.717, 1.165) is 43.3 Å². The maximum absolute atomic E-state index is 12.6. The topological polar surface area (TPSA) is 84.7 Å². The quantitative estimate of drug-likeness (QED) is 0.619. The molecule has 154 valence electrons. The van der Waals surface area contributed by atoms with Crippen molar-refractivity contribution in [1.82, 2.24) is 15.2 Å². The molecule has 7 heteroatoms. The van der Waals surface area contributed by atoms with Crippen LogP contribution in [-0.2, 0) is 9.53 Å². The second-order valence-electron chi connectivity index (χ2n) is 8.32. The molecule has 1 aliphatic heterocycles. The lowest BCUT2D eigenvalue weighted by Crippen LogP contribution is -2.41. The Morgan fingerprint density at radius 3 is 2.76 bits per heavy atom. The number of hydrogen-bond acceptors (Lipinski definition) is 5. The Balaban J connectivity index is 1.29. The molecule has 0 aromatic carbocycles. The van der Waals surface area contributed by atoms with Gasteiger partial charge in [0.15, 0.2) is 17.1 Å². The van der Waals surface area contributed by atoms with E-state index < -0.39 is 0 Å². The standard InChI is InChI=1S/C22H27N3O4/c1-14(2)19(28-3)21(27)25-8-5-22(6-9-25)11-16(22)12-24-20(26)17-10-15-4-7-23-13-18(15)29-17/h4,7,10,13,16H,5-6,8-9,11-12H2,1-3H3,(H,24,26). The van der Waals surface area contributed by atoms with Gasteiger partial charge in [0.2, 0.25) is 0 Å². The highest BCUT2D eigenvalue weighted by atomic mass is 16.5. The first kappa shape index (κ1) is 19.5. The van der Waals surface area contributed by atoms with Crippen LogP contribution in [0.2, 0.25) is 0 Å². The van der Waals surface area contributed by atoms with Gasteiger partial charge >= 0.3 is 0 Å². The van der Waals surface area contributed by atoms with Gasteiger partial charge in [0.1, 0.15) is 0 Å². The number of rotatable bonds is 5. The van der Waals surface area contributed by atoms with E-state index in [2.05, 4.69) is 10.3 Å². The Morgan fingerprint density at radius 1 is 1.34 bits per heavy atom. The summed E-state index contributed by atoms with van der Waals surface area (Å²) in [4.78, 5) is 30.9. The number of carbonyl (C=O) groups is 2. The molecule has 7 nitrogen and oxygen atoms in total. The number of nitrogens with one attached hydrogen (secondary N) is 1. The normalized spacial score (nSPS) is 19.8. The number of piperidine rings is 1. The minimum atomic E-state index is -0.191. The van der Waals surface area contributed by atoms with Gasteiger partial charge < -0.3 is 19.4 Å². The summed E-state index contributed by atoms with van der Waals surface area (Å²) in [5, 5.41) is 3.88. The zero-order chi connectivity index (χ0) is 20.6. The van der Waals surface area contributed by atoms with Gasteiger partial charge in [-0.05, 0) is 62.1 Å². The van der Waals surface area contributed by atoms with E-state index in [-0.39, 0.29) is 17.2 Å². The van der Waals surface area contributed by atoms with Crippen molar-refractivity contribution in [3.63, 3.8) is 0 Å². The van der Waals surface area contributed by atoms with Crippen LogP contribution in [0.5, 0.6) is 0 Å². The first-order valence-electron chi connectivity index (χ1n) is 10.1. The summed E-state index contributed by atoms with van der Waals surface area (Å²) in [7, 11) is 1.55. The minimum absolute atomic E-state index is 0.0211. The van der Waals surface area contributed by atoms with Crippen molar-refractivity contribution in [3.05, 3.63) is 41.6 Å². The number of pyridine rings is 1. The summed E-state index contributed by atoms with van der Waals surface area (Å²) in [6, 6.07) is 3.57. The third kappa shape index (κ3) is 3.73. The molecule has 2 amide bonds. The highest BCUT2D eigenvalue weighted by molar-refractivity contribution is 5.96. The SMILES string of the molecule is COC(C(=O)N1CCC2(CC1)CC2CNC(=O)c1cc2ccncc2o1)=C(C)C. The van der Waals surface area contributed by atoms with E-state index >= 15 is 0 Å². The third-order valence-corrected chi connectivity index (χ3v) is 6.31. The average Bonchev–Trinajstić information content (AvgIpc) is 3.19. The number of fused-ring (bicyclic) bond motifs is 1. The number of ether oxygens (including phenoxy) is 1. The summed E-state index contributed by atoms with van der Waals surface area (Å²) >= 11 is 0. The molecular weight excluding hydrogens is 370 g/mol. The van der Waals surface area contributed by atoms with Crippen LogP contribution in [0.3, 0.4) is 0 Å². The monoisotopic (exact) mass is 397 g/mol. The van der Waals surface area contributed by atoms with Crippen LogP contribution in [0.1, 0.15) is 43.7 Å². The second kappa shape index (κ2) is 7.54. The van der Waals surface area contributed by atoms with Gasteiger partial charge in [-0.2, -0.15) is 0 Å². The molecule has 3 heterocycles. The zero-order valence-electron chi connectivity index (χ0n) is 17.2. The third-order valence-electron chi connectivity index (χ3n) is 6.31. The van der Waals surface area contributed by atoms with Crippen molar-refractivity contribution < 1.29 is 18.7 Å². The number of nitrogens with zero attached hydrogens (tertiary/aromatic N) is 2. The Kier molecular flexibility index (Phi) is 5.06. The van der Waals surface area contributed by atoms with Gasteiger partial charge in [-0.3, -0.25) is 14.6 Å². The lowest BCUT2D eigenvalue weighted by atomic mass is 9.90. The summed E-state index contributed by atoms with van der Waals surface area (Å²) in [5.41, 5.74) is 1.76. The Labute approximate surface area is 170 Å². The minimum Gasteiger partial charge on any atom is -0.491 e. The highest BCUT2D eigenvalue weighted by Crippen LogP contribution is 2.59. The predicted molar refractivity (Wildman–Crippen MR) is 108 cm³/mol. The average molecular weight is 397 g/mol. The number of furan rings is 1. The molecule has 2 fully saturated rings. The Bertz CT molecular complexity index is 932. The van der Waals surface area contributed by atoms with Gasteiger partial charge in [-0.25, -0.2) is 0 Å². The van der Waals surface area contributed by atoms with Crippen molar-refractivity contribution in [2.75, 3.05) is 26.7 Å². The maximum Gasteiger partial charge on any atom is 0.288 e. The first-order chi connectivity index (χ1) is 13.9. The van der Waals surface area contributed by atoms with E-state index in [1.165, 1.54) is 0 Å². The van der Waals surface area contributed by atoms with Crippen molar-refractivity contribution in [3.8, 4) is 0 Å². The highest BCUT2D eigenvalue weighted by Gasteiger charge is 2.55. The number of aromatic nitrogens is 1. The van der Waals surface area contributed by atoms with Crippen molar-refractivity contribution in [2.24, 2.45) is 11.3 Å². The summed E-state index contributed by atoms with van der Waals surface area (Å²) in [5.74, 6) is 1.01. The fourth-order valence-corrected chi connectivity index (χ4v) is 4.44. The predicted octanol–water partition coefficient (Wildman–Crippen LogP) is 3.13. The fraction of sp³-hybridized carbons (Fsp3) is 0.500. The van der Waals surface area contributed by atoms with Crippen molar-refractivity contribution >= 4 is 22.8 Å². The largest absolute Gasteiger partial charge is 0.491 e. The van der Waals surface area contributed by atoms with Crippen LogP contribution in [0, 0.1) is 11.3 Å². The molecule has 2 aromatic heterocycles. The van der Waals surface area contributed by atoms with Crippen molar-refractivity contribution in [1.29, 1.82) is 0 Å². The van der Waals surface area contributed by atoms with Gasteiger partial charge in [-0.15, -0.1) is 0 Å². The molecule has 1 saturated heterocycles. The molecule has 29 heavy (non-hydrogen) atoms. The summed E-state index contributed by atoms with van der Waals surface area (Å²) < 4.78 is 10.8. The number of amides is 2. The van der Waals surface area contributed by atoms with E-state index in [1.807, 2.05) is 24.8 Å². The van der Waals surface area contributed by atoms with Gasteiger partial charge in [0.05, 0.1) is 13.3 Å². The maximum atomic E-state index is 12.6. The number of methoxy groups -OCH3 is 1. The number of hydrogen-bond donors (Lipinski definition) is 1. The van der Waals surface area contributed by atoms with Crippen LogP contribution >= 0.6 is 0 Å². The molecule has 1 atom stereocenters. The van der Waals surface area contributed by atoms with Crippen molar-refractivity contribution in [2.45, 2.75) is 33.1 Å². The Morgan fingerprint density at radius 2 is 2.10 bits per heavy atom. The van der Waals surface area contributed by atoms with Gasteiger partial charge in [0.25, 0.3) is 11.8 Å². The van der Waals surface area contributed by atoms with Crippen LogP contribution in [0.15, 0.2) is 40.3 Å². The molecule has 0 bridgehead atoms. The zero-order valence-corrected chi connectivity index (χ0v) is 17.2. The fourth-order valence-electron chi connectivity index (χ4n) is 4.44. The van der Waals surface area contributed by atoms with Crippen LogP contribution < -0.4 is 5.32 Å². The van der Waals surface area contributed by atoms with Gasteiger partial charge in [-0.1, -0.05) is 0 Å². The molecule has 1 N–H and O–H groups in total. The summed E-state index contributed by atoms with van der Waals surface area (Å²) in [6.07, 6.45) is 6.32. The van der Waals surface area contributed by atoms with Crippen LogP contribution in [-0.4, -0.2) is 48.4 Å². The van der Waals surface area contributed by atoms with E-state index in [9.17, 15) is 9.59 Å². The first-order valence-corrected chi connectivity index (χ1v) is 10.1. The second-order valence-corrected chi connectivity index (χ2v) is 8.32. The molecule has 1 saturated carbocycles. The van der Waals surface area contributed by atoms with E-state index in [1.54, 1.807) is 25.6 Å². The van der Waals surface area contributed by atoms with Gasteiger partial charge in [0, 0.05) is 31.2 Å². The smallest absolute Gasteiger partial charge is 0.288 e. The number of allylic oxidation sites excluding steroid dienone is 1. The van der Waals surface area contributed by atoms with Crippen LogP contribution in [0.25, 0.3) is 11.0 Å². The molecule has 1 unspecified atom stereocenters. The van der Waals surface area contributed by atoms with E-state index in [4.69, 9.17) is 9.15 Å². The molecule has 1 spiro atoms. The van der Waals surface area contributed by atoms with Crippen LogP contribution in [0.4, 0.5) is 0 Å².